The van der Waals surface area contributed by atoms with Crippen molar-refractivity contribution in [3.8, 4) is 10.7 Å². The largest absolute Gasteiger partial charge is 0.339 e. The molecule has 7 heteroatoms. The van der Waals surface area contributed by atoms with Crippen LogP contribution in [0.25, 0.3) is 10.7 Å². The van der Waals surface area contributed by atoms with Crippen LogP contribution in [0.15, 0.2) is 46.6 Å². The van der Waals surface area contributed by atoms with Gasteiger partial charge in [0.1, 0.15) is 0 Å². The number of hydrogen-bond acceptors (Lipinski definition) is 6. The number of hydrogen-bond donors (Lipinski definition) is 0. The van der Waals surface area contributed by atoms with Gasteiger partial charge in [0.2, 0.25) is 11.7 Å². The fraction of sp³-hybridized carbons (Fsp3) is 0.294. The topological polar surface area (TPSA) is 72.1 Å². The van der Waals surface area contributed by atoms with Gasteiger partial charge in [0, 0.05) is 31.0 Å². The van der Waals surface area contributed by atoms with Crippen LogP contribution >= 0.6 is 11.3 Å². The summed E-state index contributed by atoms with van der Waals surface area (Å²) in [5.41, 5.74) is 0.662. The number of amides is 1. The molecule has 0 saturated carbocycles. The molecule has 0 aromatic carbocycles. The molecule has 1 atom stereocenters. The highest BCUT2D eigenvalue weighted by Gasteiger charge is 2.29. The number of nitrogens with zero attached hydrogens (tertiary/aromatic N) is 4. The summed E-state index contributed by atoms with van der Waals surface area (Å²) in [7, 11) is 0. The average Bonchev–Trinajstić information content (AvgIpc) is 3.33. The number of rotatable bonds is 3. The van der Waals surface area contributed by atoms with E-state index >= 15 is 0 Å². The number of thiophene rings is 1. The minimum atomic E-state index is 0.0279. The molecule has 1 aliphatic heterocycles. The normalized spacial score (nSPS) is 17.8. The lowest BCUT2D eigenvalue weighted by molar-refractivity contribution is 0.0695. The SMILES string of the molecule is O=C(c1ccncc1)N1CCCC(c2nc(-c3cccs3)no2)C1. The minimum Gasteiger partial charge on any atom is -0.339 e. The number of piperidine rings is 1. The maximum absolute atomic E-state index is 12.6. The highest BCUT2D eigenvalue weighted by molar-refractivity contribution is 7.13. The molecule has 0 radical (unpaired) electrons. The zero-order chi connectivity index (χ0) is 16.4. The van der Waals surface area contributed by atoms with Gasteiger partial charge in [0.25, 0.3) is 5.91 Å². The van der Waals surface area contributed by atoms with Crippen molar-refractivity contribution in [2.24, 2.45) is 0 Å². The highest BCUT2D eigenvalue weighted by atomic mass is 32.1. The number of carbonyl (C=O) groups is 1. The van der Waals surface area contributed by atoms with E-state index in [0.29, 0.717) is 23.8 Å². The zero-order valence-electron chi connectivity index (χ0n) is 13.0. The van der Waals surface area contributed by atoms with Gasteiger partial charge < -0.3 is 9.42 Å². The van der Waals surface area contributed by atoms with Crippen molar-refractivity contribution in [2.75, 3.05) is 13.1 Å². The molecule has 4 heterocycles. The molecule has 1 unspecified atom stereocenters. The van der Waals surface area contributed by atoms with Gasteiger partial charge in [-0.05, 0) is 36.4 Å². The first-order chi connectivity index (χ1) is 11.8. The lowest BCUT2D eigenvalue weighted by atomic mass is 9.97. The second-order valence-corrected chi connectivity index (χ2v) is 6.71. The Balaban J connectivity index is 1.50. The third kappa shape index (κ3) is 2.94. The molecule has 1 fully saturated rings. The van der Waals surface area contributed by atoms with Gasteiger partial charge in [-0.25, -0.2) is 0 Å². The Bertz CT molecular complexity index is 816. The van der Waals surface area contributed by atoms with Gasteiger partial charge in [-0.1, -0.05) is 11.2 Å². The summed E-state index contributed by atoms with van der Waals surface area (Å²) in [5, 5.41) is 6.06. The van der Waals surface area contributed by atoms with E-state index in [1.165, 1.54) is 0 Å². The van der Waals surface area contributed by atoms with Gasteiger partial charge in [0.15, 0.2) is 0 Å². The molecule has 122 valence electrons. The van der Waals surface area contributed by atoms with E-state index in [9.17, 15) is 4.79 Å². The second-order valence-electron chi connectivity index (χ2n) is 5.76. The van der Waals surface area contributed by atoms with E-state index in [-0.39, 0.29) is 11.8 Å². The Labute approximate surface area is 143 Å². The number of likely N-dealkylation sites (tertiary alicyclic amines) is 1. The van der Waals surface area contributed by atoms with Crippen LogP contribution in [0.3, 0.4) is 0 Å². The smallest absolute Gasteiger partial charge is 0.253 e. The summed E-state index contributed by atoms with van der Waals surface area (Å²) in [4.78, 5) is 23.9. The van der Waals surface area contributed by atoms with E-state index in [0.717, 1.165) is 24.3 Å². The van der Waals surface area contributed by atoms with Crippen molar-refractivity contribution in [3.05, 3.63) is 53.5 Å². The molecular weight excluding hydrogens is 324 g/mol. The van der Waals surface area contributed by atoms with Crippen LogP contribution in [-0.4, -0.2) is 39.0 Å². The molecule has 6 nitrogen and oxygen atoms in total. The van der Waals surface area contributed by atoms with Gasteiger partial charge in [0.05, 0.1) is 10.8 Å². The van der Waals surface area contributed by atoms with Gasteiger partial charge in [-0.3, -0.25) is 9.78 Å². The van der Waals surface area contributed by atoms with Crippen molar-refractivity contribution < 1.29 is 9.32 Å². The van der Waals surface area contributed by atoms with Crippen LogP contribution < -0.4 is 0 Å². The summed E-state index contributed by atoms with van der Waals surface area (Å²) in [6.45, 7) is 1.36. The molecular formula is C17H16N4O2S. The number of pyridine rings is 1. The van der Waals surface area contributed by atoms with E-state index in [4.69, 9.17) is 4.52 Å². The van der Waals surface area contributed by atoms with E-state index in [1.54, 1.807) is 35.9 Å². The maximum atomic E-state index is 12.6. The van der Waals surface area contributed by atoms with Crippen molar-refractivity contribution in [1.29, 1.82) is 0 Å². The van der Waals surface area contributed by atoms with Crippen LogP contribution in [0.2, 0.25) is 0 Å². The summed E-state index contributed by atoms with van der Waals surface area (Å²) < 4.78 is 5.46. The standard InChI is InChI=1S/C17H16N4O2S/c22-17(12-5-7-18-8-6-12)21-9-1-3-13(11-21)16-19-15(20-23-16)14-4-2-10-24-14/h2,4-8,10,13H,1,3,9,11H2. The van der Waals surface area contributed by atoms with Crippen LogP contribution in [0.5, 0.6) is 0 Å². The Morgan fingerprint density at radius 2 is 2.17 bits per heavy atom. The molecule has 3 aromatic rings. The zero-order valence-corrected chi connectivity index (χ0v) is 13.8. The quantitative estimate of drug-likeness (QED) is 0.732. The van der Waals surface area contributed by atoms with Gasteiger partial charge in [-0.15, -0.1) is 11.3 Å². The molecule has 24 heavy (non-hydrogen) atoms. The third-order valence-corrected chi connectivity index (χ3v) is 5.03. The van der Waals surface area contributed by atoms with Gasteiger partial charge in [-0.2, -0.15) is 4.98 Å². The van der Waals surface area contributed by atoms with Crippen molar-refractivity contribution in [3.63, 3.8) is 0 Å². The van der Waals surface area contributed by atoms with Crippen LogP contribution in [0.4, 0.5) is 0 Å². The van der Waals surface area contributed by atoms with Crippen molar-refractivity contribution in [2.45, 2.75) is 18.8 Å². The third-order valence-electron chi connectivity index (χ3n) is 4.17. The molecule has 1 aliphatic rings. The fourth-order valence-corrected chi connectivity index (χ4v) is 3.60. The second kappa shape index (κ2) is 6.52. The predicted octanol–water partition coefficient (Wildman–Crippen LogP) is 3.21. The molecule has 3 aromatic heterocycles. The van der Waals surface area contributed by atoms with Crippen LogP contribution in [0, 0.1) is 0 Å². The van der Waals surface area contributed by atoms with E-state index in [1.807, 2.05) is 22.4 Å². The van der Waals surface area contributed by atoms with Crippen molar-refractivity contribution >= 4 is 17.2 Å². The Kier molecular flexibility index (Phi) is 4.08. The maximum Gasteiger partial charge on any atom is 0.253 e. The van der Waals surface area contributed by atoms with E-state index in [2.05, 4.69) is 15.1 Å². The molecule has 0 N–H and O–H groups in total. The predicted molar refractivity (Wildman–Crippen MR) is 89.7 cm³/mol. The molecule has 1 amide bonds. The number of aromatic nitrogens is 3. The summed E-state index contributed by atoms with van der Waals surface area (Å²) in [5.74, 6) is 1.36. The summed E-state index contributed by atoms with van der Waals surface area (Å²) in [6.07, 6.45) is 5.16. The van der Waals surface area contributed by atoms with Gasteiger partial charge >= 0.3 is 0 Å². The Hall–Kier alpha value is -2.54. The first-order valence-electron chi connectivity index (χ1n) is 7.88. The number of carbonyl (C=O) groups excluding carboxylic acids is 1. The molecule has 1 saturated heterocycles. The first-order valence-corrected chi connectivity index (χ1v) is 8.76. The average molecular weight is 340 g/mol. The summed E-state index contributed by atoms with van der Waals surface area (Å²) in [6, 6.07) is 7.42. The lowest BCUT2D eigenvalue weighted by Gasteiger charge is -2.31. The molecule has 0 bridgehead atoms. The monoisotopic (exact) mass is 340 g/mol. The van der Waals surface area contributed by atoms with Crippen molar-refractivity contribution in [1.82, 2.24) is 20.0 Å². The first kappa shape index (κ1) is 15.0. The molecule has 0 spiro atoms. The fourth-order valence-electron chi connectivity index (χ4n) is 2.95. The molecule has 4 rings (SSSR count). The van der Waals surface area contributed by atoms with E-state index < -0.39 is 0 Å². The minimum absolute atomic E-state index is 0.0279. The lowest BCUT2D eigenvalue weighted by Crippen LogP contribution is -2.39. The highest BCUT2D eigenvalue weighted by Crippen LogP contribution is 2.29. The summed E-state index contributed by atoms with van der Waals surface area (Å²) >= 11 is 1.58. The van der Waals surface area contributed by atoms with Crippen LogP contribution in [-0.2, 0) is 0 Å². The molecule has 0 aliphatic carbocycles. The Morgan fingerprint density at radius 3 is 2.96 bits per heavy atom. The van der Waals surface area contributed by atoms with Crippen LogP contribution in [0.1, 0.15) is 35.0 Å². The Morgan fingerprint density at radius 1 is 1.29 bits per heavy atom.